The fourth-order valence-corrected chi connectivity index (χ4v) is 3.57. The van der Waals surface area contributed by atoms with Crippen molar-refractivity contribution in [2.45, 2.75) is 25.8 Å². The van der Waals surface area contributed by atoms with E-state index in [4.69, 9.17) is 4.42 Å². The second-order valence-electron chi connectivity index (χ2n) is 6.99. The zero-order chi connectivity index (χ0) is 19.7. The lowest BCUT2D eigenvalue weighted by Crippen LogP contribution is -2.46. The number of furan rings is 1. The van der Waals surface area contributed by atoms with Gasteiger partial charge in [0.05, 0.1) is 17.3 Å². The summed E-state index contributed by atoms with van der Waals surface area (Å²) in [5, 5.41) is 3.66. The maximum absolute atomic E-state index is 13.5. The van der Waals surface area contributed by atoms with Crippen molar-refractivity contribution in [3.63, 3.8) is 0 Å². The quantitative estimate of drug-likeness (QED) is 0.755. The summed E-state index contributed by atoms with van der Waals surface area (Å²) in [6.45, 7) is 2.87. The van der Waals surface area contributed by atoms with Crippen molar-refractivity contribution in [3.05, 3.63) is 65.5 Å². The Morgan fingerprint density at radius 3 is 2.71 bits per heavy atom. The fourth-order valence-electron chi connectivity index (χ4n) is 3.57. The molecule has 1 aliphatic heterocycles. The highest BCUT2D eigenvalue weighted by Gasteiger charge is 2.26. The molecule has 2 aromatic heterocycles. The SMILES string of the molecule is Cc1cc(C(=O)NC2CCN(C(=O)c3ccco3)CC2)c2ccc(F)cc2n1. The number of piperidine rings is 1. The number of likely N-dealkylation sites (tertiary alicyclic amines) is 1. The molecule has 28 heavy (non-hydrogen) atoms. The number of carbonyl (C=O) groups is 2. The molecule has 3 heterocycles. The number of rotatable bonds is 3. The van der Waals surface area contributed by atoms with Crippen LogP contribution in [0.5, 0.6) is 0 Å². The van der Waals surface area contributed by atoms with Crippen molar-refractivity contribution >= 4 is 22.7 Å². The number of halogens is 1. The predicted octanol–water partition coefficient (Wildman–Crippen LogP) is 3.31. The number of hydrogen-bond acceptors (Lipinski definition) is 4. The first-order chi connectivity index (χ1) is 13.5. The second kappa shape index (κ2) is 7.42. The molecule has 3 aromatic rings. The number of amides is 2. The molecule has 0 atom stereocenters. The van der Waals surface area contributed by atoms with Crippen LogP contribution in [0, 0.1) is 12.7 Å². The Bertz CT molecular complexity index is 1020. The minimum Gasteiger partial charge on any atom is -0.459 e. The van der Waals surface area contributed by atoms with E-state index in [1.54, 1.807) is 36.1 Å². The Kier molecular flexibility index (Phi) is 4.81. The number of pyridine rings is 1. The molecule has 1 fully saturated rings. The minimum atomic E-state index is -0.384. The van der Waals surface area contributed by atoms with Gasteiger partial charge in [-0.15, -0.1) is 0 Å². The van der Waals surface area contributed by atoms with Gasteiger partial charge in [-0.1, -0.05) is 0 Å². The number of aryl methyl sites for hydroxylation is 1. The van der Waals surface area contributed by atoms with E-state index in [-0.39, 0.29) is 23.7 Å². The molecule has 1 aliphatic rings. The summed E-state index contributed by atoms with van der Waals surface area (Å²) in [4.78, 5) is 31.2. The maximum atomic E-state index is 13.5. The van der Waals surface area contributed by atoms with Crippen LogP contribution in [0.15, 0.2) is 47.1 Å². The molecule has 1 N–H and O–H groups in total. The van der Waals surface area contributed by atoms with Crippen LogP contribution in [0.1, 0.15) is 39.4 Å². The number of benzene rings is 1. The third-order valence-electron chi connectivity index (χ3n) is 4.99. The van der Waals surface area contributed by atoms with Gasteiger partial charge < -0.3 is 14.6 Å². The molecule has 7 heteroatoms. The highest BCUT2D eigenvalue weighted by Crippen LogP contribution is 2.21. The number of aromatic nitrogens is 1. The molecular weight excluding hydrogens is 361 g/mol. The van der Waals surface area contributed by atoms with E-state index in [0.29, 0.717) is 53.9 Å². The lowest BCUT2D eigenvalue weighted by molar-refractivity contribution is 0.0667. The fraction of sp³-hybridized carbons (Fsp3) is 0.286. The van der Waals surface area contributed by atoms with E-state index >= 15 is 0 Å². The van der Waals surface area contributed by atoms with E-state index < -0.39 is 0 Å². The van der Waals surface area contributed by atoms with E-state index in [2.05, 4.69) is 10.3 Å². The van der Waals surface area contributed by atoms with Gasteiger partial charge in [-0.3, -0.25) is 14.6 Å². The van der Waals surface area contributed by atoms with Crippen LogP contribution >= 0.6 is 0 Å². The summed E-state index contributed by atoms with van der Waals surface area (Å²) in [6, 6.07) is 9.26. The Balaban J connectivity index is 1.44. The van der Waals surface area contributed by atoms with Crippen LogP contribution in [-0.2, 0) is 0 Å². The molecule has 2 amide bonds. The molecule has 1 aromatic carbocycles. The Hall–Kier alpha value is -3.22. The van der Waals surface area contributed by atoms with Crippen molar-refractivity contribution in [2.75, 3.05) is 13.1 Å². The van der Waals surface area contributed by atoms with Gasteiger partial charge in [-0.05, 0) is 50.1 Å². The van der Waals surface area contributed by atoms with Gasteiger partial charge in [-0.2, -0.15) is 0 Å². The van der Waals surface area contributed by atoms with E-state index in [0.717, 1.165) is 0 Å². The van der Waals surface area contributed by atoms with Gasteiger partial charge >= 0.3 is 0 Å². The number of nitrogens with one attached hydrogen (secondary N) is 1. The topological polar surface area (TPSA) is 75.4 Å². The van der Waals surface area contributed by atoms with Crippen LogP contribution in [0.2, 0.25) is 0 Å². The lowest BCUT2D eigenvalue weighted by Gasteiger charge is -2.32. The van der Waals surface area contributed by atoms with Crippen LogP contribution in [0.4, 0.5) is 4.39 Å². The number of carbonyl (C=O) groups excluding carboxylic acids is 2. The molecule has 0 saturated carbocycles. The average molecular weight is 381 g/mol. The lowest BCUT2D eigenvalue weighted by atomic mass is 10.0. The van der Waals surface area contributed by atoms with Crippen LogP contribution < -0.4 is 5.32 Å². The number of nitrogens with zero attached hydrogens (tertiary/aromatic N) is 2. The monoisotopic (exact) mass is 381 g/mol. The molecule has 0 spiro atoms. The first kappa shape index (κ1) is 18.2. The molecule has 4 rings (SSSR count). The van der Waals surface area contributed by atoms with Gasteiger partial charge in [-0.25, -0.2) is 4.39 Å². The first-order valence-electron chi connectivity index (χ1n) is 9.22. The molecule has 6 nitrogen and oxygen atoms in total. The van der Waals surface area contributed by atoms with Gasteiger partial charge in [0.15, 0.2) is 5.76 Å². The Morgan fingerprint density at radius 2 is 2.00 bits per heavy atom. The largest absolute Gasteiger partial charge is 0.459 e. The summed E-state index contributed by atoms with van der Waals surface area (Å²) in [5.74, 6) is -0.399. The van der Waals surface area contributed by atoms with Crippen LogP contribution in [0.3, 0.4) is 0 Å². The van der Waals surface area contributed by atoms with Gasteiger partial charge in [0.2, 0.25) is 0 Å². The molecule has 1 saturated heterocycles. The molecule has 0 aliphatic carbocycles. The van der Waals surface area contributed by atoms with Crippen molar-refractivity contribution in [3.8, 4) is 0 Å². The smallest absolute Gasteiger partial charge is 0.289 e. The van der Waals surface area contributed by atoms with E-state index in [9.17, 15) is 14.0 Å². The van der Waals surface area contributed by atoms with Crippen LogP contribution in [-0.4, -0.2) is 40.8 Å². The summed E-state index contributed by atoms with van der Waals surface area (Å²) >= 11 is 0. The van der Waals surface area contributed by atoms with Crippen molar-refractivity contribution < 1.29 is 18.4 Å². The molecule has 144 valence electrons. The zero-order valence-corrected chi connectivity index (χ0v) is 15.4. The maximum Gasteiger partial charge on any atom is 0.289 e. The normalized spacial score (nSPS) is 15.0. The molecule has 0 bridgehead atoms. The Morgan fingerprint density at radius 1 is 1.21 bits per heavy atom. The van der Waals surface area contributed by atoms with Gasteiger partial charge in [0, 0.05) is 36.3 Å². The van der Waals surface area contributed by atoms with E-state index in [1.165, 1.54) is 18.4 Å². The third kappa shape index (κ3) is 3.60. The zero-order valence-electron chi connectivity index (χ0n) is 15.4. The standard InChI is InChI=1S/C21H20FN3O3/c1-13-11-17(16-5-4-14(22)12-18(16)23-13)20(26)24-15-6-8-25(9-7-15)21(27)19-3-2-10-28-19/h2-5,10-12,15H,6-9H2,1H3,(H,24,26). The predicted molar refractivity (Wildman–Crippen MR) is 102 cm³/mol. The number of fused-ring (bicyclic) bond motifs is 1. The van der Waals surface area contributed by atoms with Gasteiger partial charge in [0.1, 0.15) is 5.82 Å². The van der Waals surface area contributed by atoms with Crippen molar-refractivity contribution in [1.82, 2.24) is 15.2 Å². The summed E-state index contributed by atoms with van der Waals surface area (Å²) in [7, 11) is 0. The Labute approximate surface area is 161 Å². The third-order valence-corrected chi connectivity index (χ3v) is 4.99. The minimum absolute atomic E-state index is 0.0304. The van der Waals surface area contributed by atoms with Crippen LogP contribution in [0.25, 0.3) is 10.9 Å². The summed E-state index contributed by atoms with van der Waals surface area (Å²) in [5.41, 5.74) is 1.60. The molecular formula is C21H20FN3O3. The first-order valence-corrected chi connectivity index (χ1v) is 9.22. The number of hydrogen-bond donors (Lipinski definition) is 1. The average Bonchev–Trinajstić information content (AvgIpc) is 3.21. The summed E-state index contributed by atoms with van der Waals surface area (Å²) in [6.07, 6.45) is 2.80. The van der Waals surface area contributed by atoms with Gasteiger partial charge in [0.25, 0.3) is 11.8 Å². The highest BCUT2D eigenvalue weighted by atomic mass is 19.1. The van der Waals surface area contributed by atoms with E-state index in [1.807, 2.05) is 0 Å². The molecule has 0 radical (unpaired) electrons. The highest BCUT2D eigenvalue weighted by molar-refractivity contribution is 6.06. The van der Waals surface area contributed by atoms with Crippen molar-refractivity contribution in [2.24, 2.45) is 0 Å². The second-order valence-corrected chi connectivity index (χ2v) is 6.99. The van der Waals surface area contributed by atoms with Crippen molar-refractivity contribution in [1.29, 1.82) is 0 Å². The molecule has 0 unspecified atom stereocenters. The summed E-state index contributed by atoms with van der Waals surface area (Å²) < 4.78 is 18.7.